The van der Waals surface area contributed by atoms with Gasteiger partial charge in [-0.2, -0.15) is 0 Å². The minimum Gasteiger partial charge on any atom is -0.0999 e. The van der Waals surface area contributed by atoms with Crippen molar-refractivity contribution in [2.75, 3.05) is 0 Å². The highest BCUT2D eigenvalue weighted by atomic mass is 14.3. The van der Waals surface area contributed by atoms with Crippen LogP contribution in [0.5, 0.6) is 0 Å². The normalized spacial score (nSPS) is 28.0. The van der Waals surface area contributed by atoms with E-state index in [-0.39, 0.29) is 0 Å². The Kier molecular flexibility index (Phi) is 4.71. The highest BCUT2D eigenvalue weighted by Crippen LogP contribution is 2.38. The van der Waals surface area contributed by atoms with Gasteiger partial charge in [-0.05, 0) is 50.4 Å². The molecule has 82 valence electrons. The summed E-state index contributed by atoms with van der Waals surface area (Å²) in [6.07, 6.45) is 8.44. The van der Waals surface area contributed by atoms with Crippen LogP contribution in [0, 0.1) is 17.8 Å². The fourth-order valence-electron chi connectivity index (χ4n) is 3.04. The van der Waals surface area contributed by atoms with E-state index in [1.165, 1.54) is 44.1 Å². The molecule has 0 saturated heterocycles. The molecule has 0 atom stereocenters. The van der Waals surface area contributed by atoms with E-state index in [9.17, 15) is 0 Å². The third-order valence-electron chi connectivity index (χ3n) is 4.18. The number of hydrogen-bond acceptors (Lipinski definition) is 0. The smallest absolute Gasteiger partial charge is 0.0208 e. The molecule has 0 nitrogen and oxygen atoms in total. The van der Waals surface area contributed by atoms with E-state index in [1.54, 1.807) is 0 Å². The van der Waals surface area contributed by atoms with Crippen molar-refractivity contribution >= 4 is 0 Å². The van der Waals surface area contributed by atoms with Gasteiger partial charge in [-0.1, -0.05) is 38.8 Å². The van der Waals surface area contributed by atoms with Gasteiger partial charge in [0.1, 0.15) is 0 Å². The summed E-state index contributed by atoms with van der Waals surface area (Å²) in [4.78, 5) is 0. The molecule has 0 heteroatoms. The number of allylic oxidation sites excluding steroid dienone is 1. The van der Waals surface area contributed by atoms with Crippen molar-refractivity contribution in [1.82, 2.24) is 0 Å². The zero-order valence-corrected chi connectivity index (χ0v) is 10.2. The predicted octanol–water partition coefficient (Wildman–Crippen LogP) is 4.81. The van der Waals surface area contributed by atoms with E-state index in [1.807, 2.05) is 0 Å². The zero-order valence-electron chi connectivity index (χ0n) is 10.2. The van der Waals surface area contributed by atoms with Gasteiger partial charge in [-0.3, -0.25) is 0 Å². The monoisotopic (exact) mass is 194 g/mol. The molecule has 0 amide bonds. The molecule has 1 fully saturated rings. The molecule has 1 rings (SSSR count). The van der Waals surface area contributed by atoms with Gasteiger partial charge in [0, 0.05) is 0 Å². The molecule has 14 heavy (non-hydrogen) atoms. The van der Waals surface area contributed by atoms with Gasteiger partial charge in [0.2, 0.25) is 0 Å². The second-order valence-corrected chi connectivity index (χ2v) is 5.03. The van der Waals surface area contributed by atoms with E-state index in [0.717, 1.165) is 17.8 Å². The molecule has 0 N–H and O–H groups in total. The molecule has 0 aromatic heterocycles. The maximum absolute atomic E-state index is 4.09. The van der Waals surface area contributed by atoms with Crippen molar-refractivity contribution in [3.8, 4) is 0 Å². The van der Waals surface area contributed by atoms with Crippen LogP contribution in [0.3, 0.4) is 0 Å². The van der Waals surface area contributed by atoms with Gasteiger partial charge in [0.05, 0.1) is 0 Å². The van der Waals surface area contributed by atoms with E-state index < -0.39 is 0 Å². The standard InChI is InChI=1S/C14H26/c1-5-12(6-2)14-9-7-13(8-10-14)11(3)4/h12-14H,3,5-10H2,1-2,4H3. The summed E-state index contributed by atoms with van der Waals surface area (Å²) >= 11 is 0. The molecule has 1 aliphatic rings. The van der Waals surface area contributed by atoms with E-state index >= 15 is 0 Å². The first kappa shape index (κ1) is 11.8. The average Bonchev–Trinajstić information content (AvgIpc) is 2.20. The second kappa shape index (κ2) is 5.58. The van der Waals surface area contributed by atoms with Gasteiger partial charge in [-0.25, -0.2) is 0 Å². The summed E-state index contributed by atoms with van der Waals surface area (Å²) in [5.41, 5.74) is 1.41. The Hall–Kier alpha value is -0.260. The average molecular weight is 194 g/mol. The van der Waals surface area contributed by atoms with Crippen molar-refractivity contribution in [1.29, 1.82) is 0 Å². The SMILES string of the molecule is C=C(C)C1CCC(C(CC)CC)CC1. The summed E-state index contributed by atoms with van der Waals surface area (Å²) in [7, 11) is 0. The van der Waals surface area contributed by atoms with Crippen molar-refractivity contribution in [2.24, 2.45) is 17.8 Å². The van der Waals surface area contributed by atoms with Crippen LogP contribution in [-0.4, -0.2) is 0 Å². The maximum atomic E-state index is 4.09. The van der Waals surface area contributed by atoms with Gasteiger partial charge >= 0.3 is 0 Å². The Morgan fingerprint density at radius 3 is 2.00 bits per heavy atom. The lowest BCUT2D eigenvalue weighted by atomic mass is 9.73. The van der Waals surface area contributed by atoms with Gasteiger partial charge in [-0.15, -0.1) is 0 Å². The minimum absolute atomic E-state index is 0.834. The van der Waals surface area contributed by atoms with Crippen LogP contribution in [-0.2, 0) is 0 Å². The summed E-state index contributed by atoms with van der Waals surface area (Å²) in [6, 6.07) is 0. The Balaban J connectivity index is 2.38. The Labute approximate surface area is 89.8 Å². The van der Waals surface area contributed by atoms with Crippen LogP contribution in [0.1, 0.15) is 59.3 Å². The molecular weight excluding hydrogens is 168 g/mol. The Bertz CT molecular complexity index is 168. The molecule has 0 aliphatic heterocycles. The highest BCUT2D eigenvalue weighted by Gasteiger charge is 2.25. The lowest BCUT2D eigenvalue weighted by Crippen LogP contribution is -2.21. The predicted molar refractivity (Wildman–Crippen MR) is 64.3 cm³/mol. The third-order valence-corrected chi connectivity index (χ3v) is 4.18. The topological polar surface area (TPSA) is 0 Å². The van der Waals surface area contributed by atoms with E-state index in [4.69, 9.17) is 0 Å². The van der Waals surface area contributed by atoms with Crippen molar-refractivity contribution < 1.29 is 0 Å². The van der Waals surface area contributed by atoms with Crippen molar-refractivity contribution in [3.63, 3.8) is 0 Å². The molecule has 1 saturated carbocycles. The van der Waals surface area contributed by atoms with Crippen LogP contribution < -0.4 is 0 Å². The Morgan fingerprint density at radius 1 is 1.14 bits per heavy atom. The van der Waals surface area contributed by atoms with Crippen LogP contribution in [0.25, 0.3) is 0 Å². The number of rotatable bonds is 4. The van der Waals surface area contributed by atoms with Crippen molar-refractivity contribution in [2.45, 2.75) is 59.3 Å². The molecule has 0 spiro atoms. The van der Waals surface area contributed by atoms with Gasteiger partial charge < -0.3 is 0 Å². The summed E-state index contributed by atoms with van der Waals surface area (Å²) in [6.45, 7) is 11.0. The molecule has 0 aromatic carbocycles. The number of hydrogen-bond donors (Lipinski definition) is 0. The molecule has 0 aromatic rings. The molecule has 0 bridgehead atoms. The lowest BCUT2D eigenvalue weighted by molar-refractivity contribution is 0.209. The lowest BCUT2D eigenvalue weighted by Gasteiger charge is -2.33. The zero-order chi connectivity index (χ0) is 10.6. The summed E-state index contributed by atoms with van der Waals surface area (Å²) < 4.78 is 0. The highest BCUT2D eigenvalue weighted by molar-refractivity contribution is 4.98. The molecule has 0 radical (unpaired) electrons. The molecule has 1 aliphatic carbocycles. The van der Waals surface area contributed by atoms with Crippen LogP contribution in [0.2, 0.25) is 0 Å². The quantitative estimate of drug-likeness (QED) is 0.564. The molecular formula is C14H26. The summed E-state index contributed by atoms with van der Waals surface area (Å²) in [5, 5.41) is 0. The second-order valence-electron chi connectivity index (χ2n) is 5.03. The van der Waals surface area contributed by atoms with E-state index in [2.05, 4.69) is 27.4 Å². The summed E-state index contributed by atoms with van der Waals surface area (Å²) in [5.74, 6) is 2.84. The largest absolute Gasteiger partial charge is 0.0999 e. The fourth-order valence-corrected chi connectivity index (χ4v) is 3.04. The third kappa shape index (κ3) is 2.87. The fraction of sp³-hybridized carbons (Fsp3) is 0.857. The first-order valence-corrected chi connectivity index (χ1v) is 6.34. The first-order valence-electron chi connectivity index (χ1n) is 6.34. The van der Waals surface area contributed by atoms with Gasteiger partial charge in [0.25, 0.3) is 0 Å². The van der Waals surface area contributed by atoms with Crippen LogP contribution >= 0.6 is 0 Å². The maximum Gasteiger partial charge on any atom is -0.0208 e. The van der Waals surface area contributed by atoms with Crippen molar-refractivity contribution in [3.05, 3.63) is 12.2 Å². The minimum atomic E-state index is 0.834. The van der Waals surface area contributed by atoms with Crippen LogP contribution in [0.15, 0.2) is 12.2 Å². The molecule has 0 heterocycles. The first-order chi connectivity index (χ1) is 6.69. The van der Waals surface area contributed by atoms with Crippen LogP contribution in [0.4, 0.5) is 0 Å². The van der Waals surface area contributed by atoms with E-state index in [0.29, 0.717) is 0 Å². The van der Waals surface area contributed by atoms with Gasteiger partial charge in [0.15, 0.2) is 0 Å². The Morgan fingerprint density at radius 2 is 1.64 bits per heavy atom. The molecule has 0 unspecified atom stereocenters.